The summed E-state index contributed by atoms with van der Waals surface area (Å²) in [5, 5.41) is 2.42. The minimum absolute atomic E-state index is 0.103. The van der Waals surface area contributed by atoms with E-state index >= 15 is 0 Å². The average molecular weight is 218 g/mol. The van der Waals surface area contributed by atoms with Crippen LogP contribution < -0.4 is 5.32 Å². The molecule has 0 aromatic carbocycles. The summed E-state index contributed by atoms with van der Waals surface area (Å²) >= 11 is 15.8. The maximum atomic E-state index is 10.8. The molecule has 1 N–H and O–H groups in total. The molecule has 64 valence electrons. The van der Waals surface area contributed by atoms with Crippen molar-refractivity contribution in [3.63, 3.8) is 0 Å². The van der Waals surface area contributed by atoms with Crippen LogP contribution in [0, 0.1) is 0 Å². The lowest BCUT2D eigenvalue weighted by atomic mass is 10.5. The first-order valence-corrected chi connectivity index (χ1v) is 4.10. The number of carbonyl (C=O) groups excluding carboxylic acids is 1. The normalized spacial score (nSPS) is 23.0. The van der Waals surface area contributed by atoms with E-state index in [2.05, 4.69) is 5.32 Å². The van der Waals surface area contributed by atoms with Gasteiger partial charge in [0.05, 0.1) is 12.7 Å². The summed E-state index contributed by atoms with van der Waals surface area (Å²) in [7, 11) is 0. The van der Waals surface area contributed by atoms with Crippen LogP contribution in [-0.4, -0.2) is 29.0 Å². The second kappa shape index (κ2) is 3.35. The van der Waals surface area contributed by atoms with Crippen molar-refractivity contribution in [3.8, 4) is 0 Å². The van der Waals surface area contributed by atoms with E-state index < -0.39 is 9.70 Å². The van der Waals surface area contributed by atoms with Crippen molar-refractivity contribution in [2.24, 2.45) is 0 Å². The van der Waals surface area contributed by atoms with Crippen LogP contribution in [0.2, 0.25) is 0 Å². The van der Waals surface area contributed by atoms with Crippen LogP contribution in [0.4, 0.5) is 0 Å². The maximum Gasteiger partial charge on any atom is 0.272 e. The summed E-state index contributed by atoms with van der Waals surface area (Å²) in [5.74, 6) is -0.613. The largest absolute Gasteiger partial charge is 0.371 e. The molecule has 1 aliphatic heterocycles. The molecule has 1 amide bonds. The van der Waals surface area contributed by atoms with Gasteiger partial charge in [0.2, 0.25) is 0 Å². The minimum Gasteiger partial charge on any atom is -0.371 e. The molecule has 3 nitrogen and oxygen atoms in total. The first-order valence-electron chi connectivity index (χ1n) is 2.97. The second-order valence-electron chi connectivity index (χ2n) is 2.16. The van der Waals surface area contributed by atoms with E-state index in [4.69, 9.17) is 39.5 Å². The molecule has 0 aliphatic carbocycles. The van der Waals surface area contributed by atoms with Gasteiger partial charge in [-0.05, 0) is 0 Å². The molecule has 11 heavy (non-hydrogen) atoms. The summed E-state index contributed by atoms with van der Waals surface area (Å²) in [5.41, 5.74) is 0. The zero-order valence-electron chi connectivity index (χ0n) is 5.44. The molecule has 0 spiro atoms. The van der Waals surface area contributed by atoms with Crippen molar-refractivity contribution in [3.05, 3.63) is 0 Å². The van der Waals surface area contributed by atoms with E-state index in [1.807, 2.05) is 0 Å². The van der Waals surface area contributed by atoms with Crippen LogP contribution in [-0.2, 0) is 9.53 Å². The number of hydrogen-bond donors (Lipinski definition) is 1. The van der Waals surface area contributed by atoms with Crippen molar-refractivity contribution in [2.45, 2.75) is 9.90 Å². The zero-order valence-corrected chi connectivity index (χ0v) is 7.71. The molecule has 1 aliphatic rings. The molecule has 0 aromatic rings. The lowest BCUT2D eigenvalue weighted by Crippen LogP contribution is -2.36. The molecule has 1 unspecified atom stereocenters. The Morgan fingerprint density at radius 2 is 2.18 bits per heavy atom. The highest BCUT2D eigenvalue weighted by atomic mass is 35.6. The highest BCUT2D eigenvalue weighted by molar-refractivity contribution is 6.76. The Balaban J connectivity index is 2.19. The van der Waals surface area contributed by atoms with Gasteiger partial charge in [-0.1, -0.05) is 34.8 Å². The van der Waals surface area contributed by atoms with Crippen LogP contribution in [0.25, 0.3) is 0 Å². The highest BCUT2D eigenvalue weighted by Gasteiger charge is 2.32. The van der Waals surface area contributed by atoms with E-state index in [9.17, 15) is 4.79 Å². The number of rotatable bonds is 2. The van der Waals surface area contributed by atoms with Gasteiger partial charge < -0.3 is 10.1 Å². The van der Waals surface area contributed by atoms with E-state index in [0.717, 1.165) is 0 Å². The molecule has 0 saturated carbocycles. The molecular weight excluding hydrogens is 212 g/mol. The first kappa shape index (κ1) is 9.39. The molecule has 6 heteroatoms. The second-order valence-corrected chi connectivity index (χ2v) is 4.44. The predicted molar refractivity (Wildman–Crippen MR) is 43.0 cm³/mol. The standard InChI is InChI=1S/C5H6Cl3NO2/c6-5(7,8)4(10)9-1-3-2-11-3/h3H,1-2H2,(H,9,10). The Morgan fingerprint density at radius 1 is 1.64 bits per heavy atom. The number of ether oxygens (including phenoxy) is 1. The number of carbonyl (C=O) groups is 1. The molecule has 1 saturated heterocycles. The Kier molecular flexibility index (Phi) is 2.86. The van der Waals surface area contributed by atoms with Crippen LogP contribution in [0.5, 0.6) is 0 Å². The van der Waals surface area contributed by atoms with Crippen molar-refractivity contribution in [1.82, 2.24) is 5.32 Å². The number of halogens is 3. The topological polar surface area (TPSA) is 41.6 Å². The molecule has 1 rings (SSSR count). The Hall–Kier alpha value is 0.300. The Morgan fingerprint density at radius 3 is 2.55 bits per heavy atom. The third kappa shape index (κ3) is 3.47. The highest BCUT2D eigenvalue weighted by Crippen LogP contribution is 2.25. The number of epoxide rings is 1. The molecule has 1 atom stereocenters. The van der Waals surface area contributed by atoms with Gasteiger partial charge in [-0.15, -0.1) is 0 Å². The predicted octanol–water partition coefficient (Wildman–Crippen LogP) is 0.872. The molecule has 1 fully saturated rings. The summed E-state index contributed by atoms with van der Waals surface area (Å²) in [6, 6.07) is 0. The summed E-state index contributed by atoms with van der Waals surface area (Å²) in [6.07, 6.45) is 0.103. The van der Waals surface area contributed by atoms with E-state index in [1.165, 1.54) is 0 Å². The average Bonchev–Trinajstić information content (AvgIpc) is 2.62. The van der Waals surface area contributed by atoms with Gasteiger partial charge in [0, 0.05) is 6.54 Å². The van der Waals surface area contributed by atoms with Crippen molar-refractivity contribution in [2.75, 3.05) is 13.2 Å². The maximum absolute atomic E-state index is 10.8. The number of amides is 1. The molecule has 0 radical (unpaired) electrons. The Labute approximate surface area is 78.9 Å². The monoisotopic (exact) mass is 217 g/mol. The van der Waals surface area contributed by atoms with Crippen molar-refractivity contribution < 1.29 is 9.53 Å². The lowest BCUT2D eigenvalue weighted by Gasteiger charge is -2.09. The van der Waals surface area contributed by atoms with E-state index in [-0.39, 0.29) is 6.10 Å². The van der Waals surface area contributed by atoms with Crippen molar-refractivity contribution >= 4 is 40.7 Å². The fourth-order valence-corrected chi connectivity index (χ4v) is 0.693. The third-order valence-electron chi connectivity index (χ3n) is 1.15. The SMILES string of the molecule is O=C(NCC1CO1)C(Cl)(Cl)Cl. The third-order valence-corrected chi connectivity index (χ3v) is 1.67. The summed E-state index contributed by atoms with van der Waals surface area (Å²) in [6.45, 7) is 1.08. The lowest BCUT2D eigenvalue weighted by molar-refractivity contribution is -0.120. The summed E-state index contributed by atoms with van der Waals surface area (Å²) < 4.78 is 2.96. The van der Waals surface area contributed by atoms with E-state index in [0.29, 0.717) is 13.2 Å². The number of alkyl halides is 3. The van der Waals surface area contributed by atoms with Gasteiger partial charge in [-0.25, -0.2) is 0 Å². The number of nitrogens with one attached hydrogen (secondary N) is 1. The van der Waals surface area contributed by atoms with Crippen molar-refractivity contribution in [1.29, 1.82) is 0 Å². The van der Waals surface area contributed by atoms with Gasteiger partial charge in [0.15, 0.2) is 0 Å². The summed E-state index contributed by atoms with van der Waals surface area (Å²) in [4.78, 5) is 10.8. The van der Waals surface area contributed by atoms with Crippen LogP contribution in [0.1, 0.15) is 0 Å². The van der Waals surface area contributed by atoms with Gasteiger partial charge in [0.1, 0.15) is 0 Å². The smallest absolute Gasteiger partial charge is 0.272 e. The van der Waals surface area contributed by atoms with Gasteiger partial charge in [0.25, 0.3) is 9.70 Å². The number of hydrogen-bond acceptors (Lipinski definition) is 2. The van der Waals surface area contributed by atoms with Crippen LogP contribution in [0.15, 0.2) is 0 Å². The minimum atomic E-state index is -1.87. The fraction of sp³-hybridized carbons (Fsp3) is 0.800. The fourth-order valence-electron chi connectivity index (χ4n) is 0.493. The van der Waals surface area contributed by atoms with Gasteiger partial charge >= 0.3 is 0 Å². The molecular formula is C5H6Cl3NO2. The van der Waals surface area contributed by atoms with Crippen LogP contribution >= 0.6 is 34.8 Å². The molecule has 1 heterocycles. The van der Waals surface area contributed by atoms with E-state index in [1.54, 1.807) is 0 Å². The van der Waals surface area contributed by atoms with Gasteiger partial charge in [-0.2, -0.15) is 0 Å². The van der Waals surface area contributed by atoms with Crippen LogP contribution in [0.3, 0.4) is 0 Å². The Bertz CT molecular complexity index is 164. The molecule has 0 aromatic heterocycles. The molecule has 0 bridgehead atoms. The zero-order chi connectivity index (χ0) is 8.48. The first-order chi connectivity index (χ1) is 5.00. The quantitative estimate of drug-likeness (QED) is 0.552. The van der Waals surface area contributed by atoms with Gasteiger partial charge in [-0.3, -0.25) is 4.79 Å².